The number of rotatable bonds is 6. The first-order valence-corrected chi connectivity index (χ1v) is 5.92. The lowest BCUT2D eigenvalue weighted by atomic mass is 10.1. The van der Waals surface area contributed by atoms with Gasteiger partial charge in [-0.05, 0) is 6.07 Å². The van der Waals surface area contributed by atoms with E-state index in [4.69, 9.17) is 16.2 Å². The number of pyridine rings is 1. The zero-order chi connectivity index (χ0) is 14.8. The van der Waals surface area contributed by atoms with Crippen molar-refractivity contribution >= 4 is 11.8 Å². The highest BCUT2D eigenvalue weighted by Crippen LogP contribution is 2.04. The van der Waals surface area contributed by atoms with E-state index in [1.807, 2.05) is 0 Å². The van der Waals surface area contributed by atoms with E-state index in [2.05, 4.69) is 22.1 Å². The molecule has 20 heavy (non-hydrogen) atoms. The first kappa shape index (κ1) is 15.6. The number of carbonyl (C=O) groups is 2. The standard InChI is InChI=1S/C13H16N4O3/c14-4-1-2-10-8-16-5-3-11(10)13(19)17-6-7-20-9-12(15)18/h3,5,8H,4,6-7,9,14H2,(H2,15,18)(H,17,19). The summed E-state index contributed by atoms with van der Waals surface area (Å²) in [5.41, 5.74) is 11.1. The molecule has 0 bridgehead atoms. The summed E-state index contributed by atoms with van der Waals surface area (Å²) in [6.07, 6.45) is 3.01. The van der Waals surface area contributed by atoms with Crippen molar-refractivity contribution in [1.29, 1.82) is 0 Å². The van der Waals surface area contributed by atoms with Crippen LogP contribution in [-0.2, 0) is 9.53 Å². The average molecular weight is 276 g/mol. The van der Waals surface area contributed by atoms with Crippen LogP contribution in [0, 0.1) is 11.8 Å². The minimum Gasteiger partial charge on any atom is -0.370 e. The summed E-state index contributed by atoms with van der Waals surface area (Å²) in [7, 11) is 0. The van der Waals surface area contributed by atoms with Crippen LogP contribution in [0.3, 0.4) is 0 Å². The Kier molecular flexibility index (Phi) is 6.75. The zero-order valence-electron chi connectivity index (χ0n) is 10.9. The minimum atomic E-state index is -0.551. The van der Waals surface area contributed by atoms with Gasteiger partial charge >= 0.3 is 0 Å². The van der Waals surface area contributed by atoms with Crippen molar-refractivity contribution in [2.75, 3.05) is 26.3 Å². The van der Waals surface area contributed by atoms with Crippen molar-refractivity contribution in [2.24, 2.45) is 11.5 Å². The summed E-state index contributed by atoms with van der Waals surface area (Å²) in [5, 5.41) is 2.65. The Hall–Kier alpha value is -2.43. The summed E-state index contributed by atoms with van der Waals surface area (Å²) in [6.45, 7) is 0.497. The number of nitrogens with one attached hydrogen (secondary N) is 1. The molecular weight excluding hydrogens is 260 g/mol. The molecule has 0 saturated carbocycles. The van der Waals surface area contributed by atoms with Crippen LogP contribution >= 0.6 is 0 Å². The molecule has 0 atom stereocenters. The highest BCUT2D eigenvalue weighted by molar-refractivity contribution is 5.96. The second-order valence-corrected chi connectivity index (χ2v) is 3.70. The molecule has 0 aliphatic carbocycles. The van der Waals surface area contributed by atoms with Crippen molar-refractivity contribution in [2.45, 2.75) is 0 Å². The topological polar surface area (TPSA) is 120 Å². The Bertz CT molecular complexity index is 534. The van der Waals surface area contributed by atoms with E-state index in [0.29, 0.717) is 11.1 Å². The predicted molar refractivity (Wildman–Crippen MR) is 72.5 cm³/mol. The lowest BCUT2D eigenvalue weighted by Crippen LogP contribution is -2.29. The van der Waals surface area contributed by atoms with Crippen molar-refractivity contribution < 1.29 is 14.3 Å². The number of ether oxygens (including phenoxy) is 1. The van der Waals surface area contributed by atoms with Gasteiger partial charge in [0.25, 0.3) is 5.91 Å². The predicted octanol–water partition coefficient (Wildman–Crippen LogP) is -1.38. The molecule has 0 spiro atoms. The van der Waals surface area contributed by atoms with Crippen LogP contribution in [0.5, 0.6) is 0 Å². The molecule has 0 radical (unpaired) electrons. The third kappa shape index (κ3) is 5.48. The van der Waals surface area contributed by atoms with Crippen LogP contribution in [0.15, 0.2) is 18.5 Å². The molecule has 0 saturated heterocycles. The second kappa shape index (κ2) is 8.63. The van der Waals surface area contributed by atoms with Crippen LogP contribution in [0.2, 0.25) is 0 Å². The molecule has 7 heteroatoms. The Morgan fingerprint density at radius 3 is 2.95 bits per heavy atom. The Labute approximate surface area is 116 Å². The fraction of sp³-hybridized carbons (Fsp3) is 0.308. The van der Waals surface area contributed by atoms with E-state index in [1.165, 1.54) is 12.4 Å². The number of amides is 2. The molecule has 0 aromatic carbocycles. The lowest BCUT2D eigenvalue weighted by Gasteiger charge is -2.06. The molecule has 0 unspecified atom stereocenters. The van der Waals surface area contributed by atoms with Gasteiger partial charge in [0, 0.05) is 18.9 Å². The molecule has 1 aromatic rings. The van der Waals surface area contributed by atoms with Gasteiger partial charge in [-0.15, -0.1) is 0 Å². The van der Waals surface area contributed by atoms with Crippen molar-refractivity contribution in [3.8, 4) is 11.8 Å². The van der Waals surface area contributed by atoms with Gasteiger partial charge in [0.15, 0.2) is 0 Å². The average Bonchev–Trinajstić information content (AvgIpc) is 2.44. The zero-order valence-corrected chi connectivity index (χ0v) is 10.9. The van der Waals surface area contributed by atoms with Gasteiger partial charge in [-0.2, -0.15) is 0 Å². The smallest absolute Gasteiger partial charge is 0.252 e. The van der Waals surface area contributed by atoms with E-state index in [0.717, 1.165) is 0 Å². The van der Waals surface area contributed by atoms with E-state index in [-0.39, 0.29) is 32.2 Å². The van der Waals surface area contributed by atoms with Crippen LogP contribution in [0.1, 0.15) is 15.9 Å². The SMILES string of the molecule is NCC#Cc1cnccc1C(=O)NCCOCC(N)=O. The molecule has 0 fully saturated rings. The van der Waals surface area contributed by atoms with Crippen LogP contribution in [0.4, 0.5) is 0 Å². The largest absolute Gasteiger partial charge is 0.370 e. The first-order chi connectivity index (χ1) is 9.65. The van der Waals surface area contributed by atoms with Crippen molar-refractivity contribution in [1.82, 2.24) is 10.3 Å². The third-order valence-corrected chi connectivity index (χ3v) is 2.17. The molecule has 0 aliphatic heterocycles. The van der Waals surface area contributed by atoms with E-state index < -0.39 is 5.91 Å². The molecule has 2 amide bonds. The van der Waals surface area contributed by atoms with Gasteiger partial charge in [0.1, 0.15) is 6.61 Å². The van der Waals surface area contributed by atoms with Gasteiger partial charge in [0.2, 0.25) is 5.91 Å². The number of nitrogens with two attached hydrogens (primary N) is 2. The first-order valence-electron chi connectivity index (χ1n) is 5.92. The highest BCUT2D eigenvalue weighted by atomic mass is 16.5. The fourth-order valence-electron chi connectivity index (χ4n) is 1.34. The molecule has 7 nitrogen and oxygen atoms in total. The molecule has 1 aromatic heterocycles. The van der Waals surface area contributed by atoms with Crippen LogP contribution in [-0.4, -0.2) is 43.1 Å². The van der Waals surface area contributed by atoms with Crippen molar-refractivity contribution in [3.05, 3.63) is 29.6 Å². The lowest BCUT2D eigenvalue weighted by molar-refractivity contribution is -0.122. The van der Waals surface area contributed by atoms with Gasteiger partial charge in [-0.25, -0.2) is 0 Å². The van der Waals surface area contributed by atoms with E-state index >= 15 is 0 Å². The van der Waals surface area contributed by atoms with E-state index in [1.54, 1.807) is 6.07 Å². The summed E-state index contributed by atoms with van der Waals surface area (Å²) in [6, 6.07) is 1.57. The van der Waals surface area contributed by atoms with Gasteiger partial charge in [0.05, 0.1) is 24.3 Å². The molecule has 0 aliphatic rings. The fourth-order valence-corrected chi connectivity index (χ4v) is 1.34. The normalized spacial score (nSPS) is 9.45. The summed E-state index contributed by atoms with van der Waals surface area (Å²) >= 11 is 0. The Morgan fingerprint density at radius 1 is 1.45 bits per heavy atom. The third-order valence-electron chi connectivity index (χ3n) is 2.17. The van der Waals surface area contributed by atoms with Crippen LogP contribution in [0.25, 0.3) is 0 Å². The molecule has 1 rings (SSSR count). The number of aromatic nitrogens is 1. The maximum absolute atomic E-state index is 11.9. The molecule has 5 N–H and O–H groups in total. The maximum atomic E-state index is 11.9. The van der Waals surface area contributed by atoms with Gasteiger partial charge in [-0.3, -0.25) is 14.6 Å². The molecule has 1 heterocycles. The van der Waals surface area contributed by atoms with Gasteiger partial charge in [-0.1, -0.05) is 11.8 Å². The summed E-state index contributed by atoms with van der Waals surface area (Å²) in [5.74, 6) is 4.60. The quantitative estimate of drug-likeness (QED) is 0.437. The second-order valence-electron chi connectivity index (χ2n) is 3.70. The Balaban J connectivity index is 2.53. The monoisotopic (exact) mass is 276 g/mol. The van der Waals surface area contributed by atoms with E-state index in [9.17, 15) is 9.59 Å². The summed E-state index contributed by atoms with van der Waals surface area (Å²) in [4.78, 5) is 26.3. The number of carbonyl (C=O) groups excluding carboxylic acids is 2. The number of hydrogen-bond acceptors (Lipinski definition) is 5. The van der Waals surface area contributed by atoms with Gasteiger partial charge < -0.3 is 21.5 Å². The minimum absolute atomic E-state index is 0.168. The van der Waals surface area contributed by atoms with Crippen molar-refractivity contribution in [3.63, 3.8) is 0 Å². The maximum Gasteiger partial charge on any atom is 0.252 e. The van der Waals surface area contributed by atoms with Crippen LogP contribution < -0.4 is 16.8 Å². The number of hydrogen-bond donors (Lipinski definition) is 3. The molecule has 106 valence electrons. The number of primary amides is 1. The highest BCUT2D eigenvalue weighted by Gasteiger charge is 2.09. The number of nitrogens with zero attached hydrogens (tertiary/aromatic N) is 1. The Morgan fingerprint density at radius 2 is 2.25 bits per heavy atom. The molecular formula is C13H16N4O3. The summed E-state index contributed by atoms with van der Waals surface area (Å²) < 4.78 is 4.93.